The second kappa shape index (κ2) is 4.82. The predicted octanol–water partition coefficient (Wildman–Crippen LogP) is 1.79. The summed E-state index contributed by atoms with van der Waals surface area (Å²) < 4.78 is 42.6. The molecule has 0 aliphatic rings. The van der Waals surface area contributed by atoms with Gasteiger partial charge in [-0.3, -0.25) is 4.79 Å². The average molecular weight is 235 g/mol. The zero-order valence-electron chi connectivity index (χ0n) is 8.21. The first-order valence-corrected chi connectivity index (χ1v) is 4.19. The number of hydrogen-bond acceptors (Lipinski definition) is 3. The van der Waals surface area contributed by atoms with Crippen LogP contribution in [0.25, 0.3) is 0 Å². The maximum Gasteiger partial charge on any atom is 0.309 e. The second-order valence-corrected chi connectivity index (χ2v) is 2.88. The minimum absolute atomic E-state index is 0.443. The number of carboxylic acids is 1. The molecule has 88 valence electrons. The lowest BCUT2D eigenvalue weighted by Crippen LogP contribution is -2.08. The molecule has 1 heterocycles. The number of nitrogens with zero attached hydrogens (tertiary/aromatic N) is 1. The highest BCUT2D eigenvalue weighted by molar-refractivity contribution is 5.69. The van der Waals surface area contributed by atoms with Gasteiger partial charge in [-0.25, -0.2) is 18.2 Å². The second-order valence-electron chi connectivity index (χ2n) is 2.88. The third-order valence-electron chi connectivity index (χ3n) is 1.77. The van der Waals surface area contributed by atoms with Crippen LogP contribution in [-0.4, -0.2) is 23.2 Å². The van der Waals surface area contributed by atoms with Gasteiger partial charge < -0.3 is 9.84 Å². The monoisotopic (exact) mass is 235 g/mol. The number of carbonyl (C=O) groups is 1. The van der Waals surface area contributed by atoms with E-state index in [-0.39, 0.29) is 0 Å². The van der Waals surface area contributed by atoms with Crippen LogP contribution < -0.4 is 4.74 Å². The topological polar surface area (TPSA) is 59.4 Å². The van der Waals surface area contributed by atoms with Crippen LogP contribution >= 0.6 is 0 Å². The highest BCUT2D eigenvalue weighted by Gasteiger charge is 2.19. The Morgan fingerprint density at radius 3 is 2.69 bits per heavy atom. The summed E-state index contributed by atoms with van der Waals surface area (Å²) in [5.41, 5.74) is -1.28. The molecule has 0 saturated heterocycles. The van der Waals surface area contributed by atoms with Crippen molar-refractivity contribution in [2.75, 3.05) is 7.11 Å². The molecule has 0 aromatic carbocycles. The minimum atomic E-state index is -2.91. The number of carboxylic acid groups (broad SMARTS) is 1. The molecule has 1 rings (SSSR count). The number of rotatable bonds is 4. The Bertz CT molecular complexity index is 409. The first-order chi connectivity index (χ1) is 7.45. The van der Waals surface area contributed by atoms with Crippen molar-refractivity contribution in [1.29, 1.82) is 0 Å². The fourth-order valence-electron chi connectivity index (χ4n) is 1.10. The Hall–Kier alpha value is -1.79. The lowest BCUT2D eigenvalue weighted by molar-refractivity contribution is -0.136. The lowest BCUT2D eigenvalue weighted by atomic mass is 10.2. The molecule has 1 N–H and O–H groups in total. The molecule has 1 aromatic heterocycles. The summed E-state index contributed by atoms with van der Waals surface area (Å²) in [5, 5.41) is 8.45. The van der Waals surface area contributed by atoms with Crippen LogP contribution in [0.2, 0.25) is 0 Å². The molecular weight excluding hydrogens is 227 g/mol. The Morgan fingerprint density at radius 1 is 1.62 bits per heavy atom. The van der Waals surface area contributed by atoms with E-state index in [4.69, 9.17) is 5.11 Å². The largest absolute Gasteiger partial charge is 0.494 e. The van der Waals surface area contributed by atoms with Gasteiger partial charge in [0.1, 0.15) is 5.69 Å². The fraction of sp³-hybridized carbons (Fsp3) is 0.333. The Balaban J connectivity index is 3.24. The van der Waals surface area contributed by atoms with Gasteiger partial charge in [0.25, 0.3) is 6.43 Å². The van der Waals surface area contributed by atoms with Gasteiger partial charge in [0.05, 0.1) is 19.2 Å². The van der Waals surface area contributed by atoms with E-state index in [1.54, 1.807) is 0 Å². The summed E-state index contributed by atoms with van der Waals surface area (Å²) in [4.78, 5) is 13.6. The van der Waals surface area contributed by atoms with Crippen molar-refractivity contribution < 1.29 is 27.8 Å². The molecule has 0 unspecified atom stereocenters. The molecule has 4 nitrogen and oxygen atoms in total. The van der Waals surface area contributed by atoms with Crippen LogP contribution in [0.3, 0.4) is 0 Å². The van der Waals surface area contributed by atoms with Crippen LogP contribution in [0.1, 0.15) is 17.8 Å². The molecule has 0 saturated carbocycles. The number of ether oxygens (including phenoxy) is 1. The molecule has 0 atom stereocenters. The molecule has 0 aliphatic carbocycles. The number of aliphatic carboxylic acids is 1. The van der Waals surface area contributed by atoms with Gasteiger partial charge in [-0.2, -0.15) is 0 Å². The van der Waals surface area contributed by atoms with E-state index in [0.29, 0.717) is 0 Å². The summed E-state index contributed by atoms with van der Waals surface area (Å²) in [6.07, 6.45) is -3.69. The highest BCUT2D eigenvalue weighted by Crippen LogP contribution is 2.26. The third-order valence-corrected chi connectivity index (χ3v) is 1.77. The van der Waals surface area contributed by atoms with E-state index in [9.17, 15) is 18.0 Å². The van der Waals surface area contributed by atoms with Crippen LogP contribution in [0.5, 0.6) is 5.75 Å². The number of alkyl halides is 2. The van der Waals surface area contributed by atoms with E-state index in [0.717, 1.165) is 13.2 Å². The highest BCUT2D eigenvalue weighted by atomic mass is 19.3. The zero-order chi connectivity index (χ0) is 12.3. The molecule has 0 spiro atoms. The van der Waals surface area contributed by atoms with Crippen LogP contribution in [0.4, 0.5) is 13.2 Å². The molecule has 0 bridgehead atoms. The summed E-state index contributed by atoms with van der Waals surface area (Å²) >= 11 is 0. The molecule has 0 aliphatic heterocycles. The lowest BCUT2D eigenvalue weighted by Gasteiger charge is -2.08. The third kappa shape index (κ3) is 2.62. The zero-order valence-corrected chi connectivity index (χ0v) is 8.21. The van der Waals surface area contributed by atoms with Crippen molar-refractivity contribution in [2.45, 2.75) is 12.8 Å². The van der Waals surface area contributed by atoms with Crippen molar-refractivity contribution in [2.24, 2.45) is 0 Å². The van der Waals surface area contributed by atoms with Crippen molar-refractivity contribution in [3.8, 4) is 5.75 Å². The van der Waals surface area contributed by atoms with E-state index >= 15 is 0 Å². The number of aromatic nitrogens is 1. The SMILES string of the molecule is COc1cc(C(F)F)nc(CC(=O)O)c1F. The fourth-order valence-corrected chi connectivity index (χ4v) is 1.10. The number of hydrogen-bond donors (Lipinski definition) is 1. The van der Waals surface area contributed by atoms with Gasteiger partial charge in [-0.1, -0.05) is 0 Å². The molecule has 16 heavy (non-hydrogen) atoms. The van der Waals surface area contributed by atoms with Crippen LogP contribution in [0.15, 0.2) is 6.07 Å². The molecule has 1 aromatic rings. The molecular formula is C9H8F3NO3. The summed E-state index contributed by atoms with van der Waals surface area (Å²) in [6, 6.07) is 0.741. The number of methoxy groups -OCH3 is 1. The van der Waals surface area contributed by atoms with Gasteiger partial charge in [-0.05, 0) is 0 Å². The van der Waals surface area contributed by atoms with Crippen molar-refractivity contribution in [3.63, 3.8) is 0 Å². The van der Waals surface area contributed by atoms with Crippen molar-refractivity contribution in [1.82, 2.24) is 4.98 Å². The number of pyridine rings is 1. The maximum atomic E-state index is 13.4. The molecule has 0 radical (unpaired) electrons. The van der Waals surface area contributed by atoms with E-state index < -0.39 is 41.8 Å². The summed E-state index contributed by atoms with van der Waals surface area (Å²) in [6.45, 7) is 0. The number of halogens is 3. The first kappa shape index (κ1) is 12.3. The van der Waals surface area contributed by atoms with Gasteiger partial charge in [-0.15, -0.1) is 0 Å². The average Bonchev–Trinajstić information content (AvgIpc) is 2.20. The van der Waals surface area contributed by atoms with Crippen molar-refractivity contribution in [3.05, 3.63) is 23.3 Å². The Morgan fingerprint density at radius 2 is 2.25 bits per heavy atom. The van der Waals surface area contributed by atoms with Gasteiger partial charge >= 0.3 is 5.97 Å². The Labute approximate surface area is 88.7 Å². The maximum absolute atomic E-state index is 13.4. The van der Waals surface area contributed by atoms with E-state index in [1.165, 1.54) is 0 Å². The summed E-state index contributed by atoms with van der Waals surface area (Å²) in [7, 11) is 1.10. The predicted molar refractivity (Wildman–Crippen MR) is 47.0 cm³/mol. The van der Waals surface area contributed by atoms with E-state index in [1.807, 2.05) is 0 Å². The minimum Gasteiger partial charge on any atom is -0.494 e. The molecule has 7 heteroatoms. The van der Waals surface area contributed by atoms with Gasteiger partial charge in [0, 0.05) is 6.07 Å². The van der Waals surface area contributed by atoms with Crippen LogP contribution in [-0.2, 0) is 11.2 Å². The first-order valence-electron chi connectivity index (χ1n) is 4.19. The van der Waals surface area contributed by atoms with Crippen LogP contribution in [0, 0.1) is 5.82 Å². The smallest absolute Gasteiger partial charge is 0.309 e. The van der Waals surface area contributed by atoms with Gasteiger partial charge in [0.15, 0.2) is 11.6 Å². The summed E-state index contributed by atoms with van der Waals surface area (Å²) in [5.74, 6) is -2.84. The van der Waals surface area contributed by atoms with Gasteiger partial charge in [0.2, 0.25) is 0 Å². The normalized spacial score (nSPS) is 10.6. The molecule has 0 fully saturated rings. The van der Waals surface area contributed by atoms with E-state index in [2.05, 4.69) is 9.72 Å². The van der Waals surface area contributed by atoms with Crippen molar-refractivity contribution >= 4 is 5.97 Å². The Kier molecular flexibility index (Phi) is 3.70. The quantitative estimate of drug-likeness (QED) is 0.864. The molecule has 0 amide bonds. The standard InChI is InChI=1S/C9H8F3NO3/c1-16-6-2-5(9(11)12)13-4(8(6)10)3-7(14)15/h2,9H,3H2,1H3,(H,14,15).